The molecular weight excluding hydrogens is 326 g/mol. The Bertz CT molecular complexity index is 951. The van der Waals surface area contributed by atoms with Crippen molar-refractivity contribution in [1.29, 1.82) is 0 Å². The van der Waals surface area contributed by atoms with Gasteiger partial charge < -0.3 is 9.64 Å². The summed E-state index contributed by atoms with van der Waals surface area (Å²) in [6, 6.07) is 10.5. The Kier molecular flexibility index (Phi) is 3.34. The summed E-state index contributed by atoms with van der Waals surface area (Å²) in [6.07, 6.45) is 5.01. The van der Waals surface area contributed by atoms with Gasteiger partial charge in [-0.15, -0.1) is 0 Å². The Morgan fingerprint density at radius 2 is 2.00 bits per heavy atom. The summed E-state index contributed by atoms with van der Waals surface area (Å²) in [5, 5.41) is 5.56. The standard InChI is InChI=1S/C20H23N5O/c1-20(2)16(14-9-10-26-17(14)20)24(3)18-15-11-23-25(19(15)22-12-21-18)13-7-5-4-6-8-13/h4-8,11-12,14,16-17H,9-10H2,1-3H3. The maximum atomic E-state index is 5.96. The van der Waals surface area contributed by atoms with E-state index in [2.05, 4.69) is 40.9 Å². The molecule has 26 heavy (non-hydrogen) atoms. The highest BCUT2D eigenvalue weighted by molar-refractivity contribution is 5.87. The van der Waals surface area contributed by atoms with E-state index >= 15 is 0 Å². The quantitative estimate of drug-likeness (QED) is 0.727. The molecule has 3 aromatic rings. The van der Waals surface area contributed by atoms with E-state index in [1.807, 2.05) is 41.2 Å². The van der Waals surface area contributed by atoms with Crippen LogP contribution in [0, 0.1) is 11.3 Å². The zero-order valence-corrected chi connectivity index (χ0v) is 15.3. The molecule has 1 aliphatic heterocycles. The topological polar surface area (TPSA) is 56.1 Å². The summed E-state index contributed by atoms with van der Waals surface area (Å²) in [7, 11) is 2.14. The third kappa shape index (κ3) is 2.05. The van der Waals surface area contributed by atoms with Crippen molar-refractivity contribution in [3.05, 3.63) is 42.9 Å². The molecule has 2 aromatic heterocycles. The molecule has 3 unspecified atom stereocenters. The van der Waals surface area contributed by atoms with Gasteiger partial charge in [0.25, 0.3) is 0 Å². The Labute approximate surface area is 152 Å². The summed E-state index contributed by atoms with van der Waals surface area (Å²) in [6.45, 7) is 5.47. The van der Waals surface area contributed by atoms with Crippen molar-refractivity contribution in [2.24, 2.45) is 11.3 Å². The second kappa shape index (κ2) is 5.51. The number of fused-ring (bicyclic) bond motifs is 2. The predicted octanol–water partition coefficient (Wildman–Crippen LogP) is 3.07. The molecule has 0 bridgehead atoms. The van der Waals surface area contributed by atoms with Crippen LogP contribution in [0.3, 0.4) is 0 Å². The second-order valence-electron chi connectivity index (χ2n) is 7.95. The maximum Gasteiger partial charge on any atom is 0.168 e. The van der Waals surface area contributed by atoms with Crippen molar-refractivity contribution in [2.45, 2.75) is 32.4 Å². The van der Waals surface area contributed by atoms with E-state index in [1.165, 1.54) is 0 Å². The van der Waals surface area contributed by atoms with Gasteiger partial charge in [0.15, 0.2) is 5.65 Å². The summed E-state index contributed by atoms with van der Waals surface area (Å²) >= 11 is 0. The fourth-order valence-electron chi connectivity index (χ4n) is 5.09. The zero-order chi connectivity index (χ0) is 17.9. The molecule has 6 nitrogen and oxygen atoms in total. The first kappa shape index (κ1) is 15.8. The molecular formula is C20H23N5O. The monoisotopic (exact) mass is 349 g/mol. The van der Waals surface area contributed by atoms with Gasteiger partial charge >= 0.3 is 0 Å². The van der Waals surface area contributed by atoms with Gasteiger partial charge in [-0.25, -0.2) is 14.6 Å². The number of aromatic nitrogens is 4. The lowest BCUT2D eigenvalue weighted by molar-refractivity contribution is -0.101. The fraction of sp³-hybridized carbons (Fsp3) is 0.450. The average molecular weight is 349 g/mol. The highest BCUT2D eigenvalue weighted by Crippen LogP contribution is 2.55. The van der Waals surface area contributed by atoms with Crippen molar-refractivity contribution in [3.63, 3.8) is 0 Å². The minimum atomic E-state index is 0.114. The van der Waals surface area contributed by atoms with Crippen LogP contribution in [0.15, 0.2) is 42.9 Å². The van der Waals surface area contributed by atoms with Crippen molar-refractivity contribution >= 4 is 16.9 Å². The SMILES string of the molecule is CN(c1ncnc2c1cnn2-c1ccccc1)C1C2CCOC2C1(C)C. The molecule has 134 valence electrons. The molecule has 2 fully saturated rings. The van der Waals surface area contributed by atoms with Crippen LogP contribution in [-0.4, -0.2) is 45.5 Å². The molecule has 0 radical (unpaired) electrons. The van der Waals surface area contributed by atoms with Crippen molar-refractivity contribution in [1.82, 2.24) is 19.7 Å². The Morgan fingerprint density at radius 3 is 2.81 bits per heavy atom. The third-order valence-electron chi connectivity index (χ3n) is 6.14. The molecule has 3 atom stereocenters. The van der Waals surface area contributed by atoms with Crippen LogP contribution in [0.1, 0.15) is 20.3 Å². The lowest BCUT2D eigenvalue weighted by Crippen LogP contribution is -2.66. The minimum absolute atomic E-state index is 0.114. The van der Waals surface area contributed by atoms with Gasteiger partial charge in [-0.2, -0.15) is 5.10 Å². The largest absolute Gasteiger partial charge is 0.377 e. The zero-order valence-electron chi connectivity index (χ0n) is 15.3. The first-order chi connectivity index (χ1) is 12.6. The van der Waals surface area contributed by atoms with E-state index in [0.29, 0.717) is 18.1 Å². The second-order valence-corrected chi connectivity index (χ2v) is 7.95. The van der Waals surface area contributed by atoms with Gasteiger partial charge in [0.2, 0.25) is 0 Å². The van der Waals surface area contributed by atoms with Gasteiger partial charge in [-0.05, 0) is 18.6 Å². The molecule has 1 aromatic carbocycles. The van der Waals surface area contributed by atoms with Gasteiger partial charge in [0.1, 0.15) is 12.1 Å². The number of hydrogen-bond acceptors (Lipinski definition) is 5. The maximum absolute atomic E-state index is 5.96. The van der Waals surface area contributed by atoms with E-state index in [0.717, 1.165) is 35.6 Å². The van der Waals surface area contributed by atoms with E-state index in [9.17, 15) is 0 Å². The Morgan fingerprint density at radius 1 is 1.19 bits per heavy atom. The van der Waals surface area contributed by atoms with Crippen LogP contribution >= 0.6 is 0 Å². The van der Waals surface area contributed by atoms with Crippen molar-refractivity contribution < 1.29 is 4.74 Å². The molecule has 0 spiro atoms. The van der Waals surface area contributed by atoms with Crippen LogP contribution in [-0.2, 0) is 4.74 Å². The van der Waals surface area contributed by atoms with Gasteiger partial charge in [-0.3, -0.25) is 0 Å². The number of benzene rings is 1. The molecule has 3 heterocycles. The molecule has 1 aliphatic carbocycles. The third-order valence-corrected chi connectivity index (χ3v) is 6.14. The minimum Gasteiger partial charge on any atom is -0.377 e. The highest BCUT2D eigenvalue weighted by atomic mass is 16.5. The van der Waals surface area contributed by atoms with Crippen molar-refractivity contribution in [3.8, 4) is 5.69 Å². The average Bonchev–Trinajstić information content (AvgIpc) is 3.27. The molecule has 2 aliphatic rings. The van der Waals surface area contributed by atoms with E-state index in [4.69, 9.17) is 4.74 Å². The smallest absolute Gasteiger partial charge is 0.168 e. The Balaban J connectivity index is 1.57. The molecule has 5 rings (SSSR count). The van der Waals surface area contributed by atoms with Crippen LogP contribution in [0.25, 0.3) is 16.7 Å². The fourth-order valence-corrected chi connectivity index (χ4v) is 5.09. The van der Waals surface area contributed by atoms with Gasteiger partial charge in [-0.1, -0.05) is 32.0 Å². The molecule has 6 heteroatoms. The van der Waals surface area contributed by atoms with Crippen LogP contribution in [0.4, 0.5) is 5.82 Å². The lowest BCUT2D eigenvalue weighted by Gasteiger charge is -2.58. The number of nitrogens with zero attached hydrogens (tertiary/aromatic N) is 5. The number of hydrogen-bond donors (Lipinski definition) is 0. The van der Waals surface area contributed by atoms with Crippen LogP contribution in [0.2, 0.25) is 0 Å². The summed E-state index contributed by atoms with van der Waals surface area (Å²) in [5.41, 5.74) is 1.95. The lowest BCUT2D eigenvalue weighted by atomic mass is 9.57. The predicted molar refractivity (Wildman–Crippen MR) is 100 cm³/mol. The van der Waals surface area contributed by atoms with Gasteiger partial charge in [0.05, 0.1) is 23.4 Å². The molecule has 1 saturated heterocycles. The first-order valence-corrected chi connectivity index (χ1v) is 9.17. The summed E-state index contributed by atoms with van der Waals surface area (Å²) in [4.78, 5) is 11.4. The number of ether oxygens (including phenoxy) is 1. The summed E-state index contributed by atoms with van der Waals surface area (Å²) < 4.78 is 7.83. The first-order valence-electron chi connectivity index (χ1n) is 9.17. The highest BCUT2D eigenvalue weighted by Gasteiger charge is 2.61. The van der Waals surface area contributed by atoms with E-state index in [1.54, 1.807) is 6.33 Å². The molecule has 1 saturated carbocycles. The van der Waals surface area contributed by atoms with E-state index < -0.39 is 0 Å². The number of anilines is 1. The normalized spacial score (nSPS) is 26.5. The van der Waals surface area contributed by atoms with Crippen molar-refractivity contribution in [2.75, 3.05) is 18.6 Å². The molecule has 0 amide bonds. The summed E-state index contributed by atoms with van der Waals surface area (Å²) in [5.74, 6) is 1.52. The van der Waals surface area contributed by atoms with Gasteiger partial charge in [0, 0.05) is 31.0 Å². The number of para-hydroxylation sites is 1. The number of rotatable bonds is 3. The van der Waals surface area contributed by atoms with Crippen LogP contribution in [0.5, 0.6) is 0 Å². The van der Waals surface area contributed by atoms with E-state index in [-0.39, 0.29) is 5.41 Å². The molecule has 0 N–H and O–H groups in total. The van der Waals surface area contributed by atoms with Crippen LogP contribution < -0.4 is 4.90 Å². The Hall–Kier alpha value is -2.47.